The Morgan fingerprint density at radius 3 is 2.60 bits per heavy atom. The van der Waals surface area contributed by atoms with Crippen LogP contribution in [0.1, 0.15) is 19.9 Å². The van der Waals surface area contributed by atoms with Crippen molar-refractivity contribution >= 4 is 10.0 Å². The van der Waals surface area contributed by atoms with Crippen LogP contribution in [-0.2, 0) is 10.0 Å². The minimum Gasteiger partial charge on any atom is -0.480 e. The monoisotopic (exact) mass is 297 g/mol. The molecule has 2 aromatic heterocycles. The molecule has 0 amide bonds. The third kappa shape index (κ3) is 2.49. The molecule has 0 saturated heterocycles. The summed E-state index contributed by atoms with van der Waals surface area (Å²) in [6.07, 6.45) is 1.57. The molecule has 9 heteroatoms. The van der Waals surface area contributed by atoms with E-state index in [1.54, 1.807) is 18.3 Å². The van der Waals surface area contributed by atoms with Gasteiger partial charge in [-0.05, 0) is 26.0 Å². The largest absolute Gasteiger partial charge is 0.480 e. The van der Waals surface area contributed by atoms with Gasteiger partial charge in [-0.3, -0.25) is 4.57 Å². The number of aromatic nitrogens is 4. The Bertz CT molecular complexity index is 723. The highest BCUT2D eigenvalue weighted by atomic mass is 32.2. The molecular formula is C11H15N5O3S. The van der Waals surface area contributed by atoms with E-state index in [-0.39, 0.29) is 11.2 Å². The molecule has 0 aliphatic heterocycles. The molecule has 108 valence electrons. The molecule has 2 N–H and O–H groups in total. The van der Waals surface area contributed by atoms with E-state index in [9.17, 15) is 8.42 Å². The molecule has 0 atom stereocenters. The Labute approximate surface area is 116 Å². The van der Waals surface area contributed by atoms with Crippen LogP contribution in [-0.4, -0.2) is 35.3 Å². The molecule has 0 radical (unpaired) electrons. The number of ether oxygens (including phenoxy) is 1. The van der Waals surface area contributed by atoms with Crippen molar-refractivity contribution in [2.24, 2.45) is 5.14 Å². The van der Waals surface area contributed by atoms with E-state index in [0.29, 0.717) is 17.3 Å². The van der Waals surface area contributed by atoms with E-state index in [1.165, 1.54) is 11.7 Å². The van der Waals surface area contributed by atoms with Gasteiger partial charge in [0.15, 0.2) is 5.82 Å². The maximum atomic E-state index is 11.6. The fourth-order valence-corrected chi connectivity index (χ4v) is 2.57. The van der Waals surface area contributed by atoms with Gasteiger partial charge in [-0.25, -0.2) is 18.5 Å². The average molecular weight is 297 g/mol. The minimum atomic E-state index is -3.96. The topological polar surface area (TPSA) is 113 Å². The lowest BCUT2D eigenvalue weighted by Crippen LogP contribution is -2.20. The highest BCUT2D eigenvalue weighted by molar-refractivity contribution is 7.89. The van der Waals surface area contributed by atoms with Gasteiger partial charge in [0.05, 0.1) is 12.7 Å². The molecule has 0 unspecified atom stereocenters. The van der Waals surface area contributed by atoms with Crippen LogP contribution in [0.2, 0.25) is 0 Å². The van der Waals surface area contributed by atoms with Gasteiger partial charge in [0.1, 0.15) is 0 Å². The lowest BCUT2D eigenvalue weighted by Gasteiger charge is -2.13. The number of pyridine rings is 1. The zero-order chi connectivity index (χ0) is 14.9. The number of hydrogen-bond acceptors (Lipinski definition) is 6. The zero-order valence-electron chi connectivity index (χ0n) is 11.3. The smallest absolute Gasteiger partial charge is 0.273 e. The van der Waals surface area contributed by atoms with Crippen LogP contribution in [0.15, 0.2) is 23.5 Å². The lowest BCUT2D eigenvalue weighted by atomic mass is 10.2. The van der Waals surface area contributed by atoms with Crippen molar-refractivity contribution in [3.05, 3.63) is 18.3 Å². The van der Waals surface area contributed by atoms with Gasteiger partial charge in [0, 0.05) is 12.2 Å². The predicted molar refractivity (Wildman–Crippen MR) is 71.6 cm³/mol. The summed E-state index contributed by atoms with van der Waals surface area (Å²) >= 11 is 0. The van der Waals surface area contributed by atoms with E-state index in [0.717, 1.165) is 0 Å². The Balaban J connectivity index is 2.73. The second-order valence-corrected chi connectivity index (χ2v) is 5.83. The molecule has 0 spiro atoms. The lowest BCUT2D eigenvalue weighted by molar-refractivity contribution is 0.398. The van der Waals surface area contributed by atoms with Gasteiger partial charge in [0.2, 0.25) is 5.88 Å². The first-order chi connectivity index (χ1) is 9.36. The highest BCUT2D eigenvalue weighted by Crippen LogP contribution is 2.29. The summed E-state index contributed by atoms with van der Waals surface area (Å²) in [6, 6.07) is 3.23. The quantitative estimate of drug-likeness (QED) is 0.883. The molecular weight excluding hydrogens is 282 g/mol. The molecule has 0 aliphatic carbocycles. The fourth-order valence-electron chi connectivity index (χ4n) is 1.84. The maximum absolute atomic E-state index is 11.6. The van der Waals surface area contributed by atoms with Crippen LogP contribution in [0.4, 0.5) is 0 Å². The van der Waals surface area contributed by atoms with Crippen molar-refractivity contribution in [2.45, 2.75) is 25.0 Å². The molecule has 0 aromatic carbocycles. The van der Waals surface area contributed by atoms with Crippen LogP contribution >= 0.6 is 0 Å². The summed E-state index contributed by atoms with van der Waals surface area (Å²) in [6.45, 7) is 3.62. The van der Waals surface area contributed by atoms with Crippen LogP contribution in [0.25, 0.3) is 11.4 Å². The van der Waals surface area contributed by atoms with Gasteiger partial charge in [-0.2, -0.15) is 0 Å². The molecule has 8 nitrogen and oxygen atoms in total. The SMILES string of the molecule is COc1ncccc1-c1nnc(S(N)(=O)=O)n1C(C)C. The summed E-state index contributed by atoms with van der Waals surface area (Å²) in [5.74, 6) is 0.678. The number of rotatable bonds is 4. The molecule has 0 fully saturated rings. The standard InChI is InChI=1S/C11H15N5O3S/c1-7(2)16-9(14-15-11(16)20(12,17)18)8-5-4-6-13-10(8)19-3/h4-7H,1-3H3,(H2,12,17,18). The Hall–Kier alpha value is -2.00. The maximum Gasteiger partial charge on any atom is 0.273 e. The average Bonchev–Trinajstić information content (AvgIpc) is 2.83. The molecule has 2 rings (SSSR count). The van der Waals surface area contributed by atoms with Gasteiger partial charge in [0.25, 0.3) is 15.2 Å². The van der Waals surface area contributed by atoms with Crippen molar-refractivity contribution in [1.82, 2.24) is 19.7 Å². The Morgan fingerprint density at radius 2 is 2.05 bits per heavy atom. The van der Waals surface area contributed by atoms with E-state index in [2.05, 4.69) is 15.2 Å². The third-order valence-corrected chi connectivity index (χ3v) is 3.43. The normalized spacial score (nSPS) is 11.8. The summed E-state index contributed by atoms with van der Waals surface area (Å²) < 4.78 is 29.7. The highest BCUT2D eigenvalue weighted by Gasteiger charge is 2.25. The minimum absolute atomic E-state index is 0.196. The van der Waals surface area contributed by atoms with Crippen LogP contribution in [0.5, 0.6) is 5.88 Å². The Kier molecular flexibility index (Phi) is 3.73. The summed E-state index contributed by atoms with van der Waals surface area (Å²) in [5, 5.41) is 12.5. The van der Waals surface area contributed by atoms with Crippen molar-refractivity contribution in [3.63, 3.8) is 0 Å². The van der Waals surface area contributed by atoms with Crippen molar-refractivity contribution in [2.75, 3.05) is 7.11 Å². The van der Waals surface area contributed by atoms with E-state index in [1.807, 2.05) is 13.8 Å². The molecule has 2 heterocycles. The number of sulfonamides is 1. The van der Waals surface area contributed by atoms with Gasteiger partial charge < -0.3 is 4.74 Å². The van der Waals surface area contributed by atoms with E-state index < -0.39 is 10.0 Å². The van der Waals surface area contributed by atoms with Gasteiger partial charge >= 0.3 is 0 Å². The number of hydrogen-bond donors (Lipinski definition) is 1. The number of primary sulfonamides is 1. The summed E-state index contributed by atoms with van der Waals surface area (Å²) in [5.41, 5.74) is 0.547. The zero-order valence-corrected chi connectivity index (χ0v) is 12.1. The van der Waals surface area contributed by atoms with Gasteiger partial charge in [-0.1, -0.05) is 0 Å². The number of methoxy groups -OCH3 is 1. The van der Waals surface area contributed by atoms with Gasteiger partial charge in [-0.15, -0.1) is 10.2 Å². The molecule has 0 bridgehead atoms. The first kappa shape index (κ1) is 14.4. The van der Waals surface area contributed by atoms with Crippen molar-refractivity contribution < 1.29 is 13.2 Å². The van der Waals surface area contributed by atoms with Crippen molar-refractivity contribution in [1.29, 1.82) is 0 Å². The first-order valence-electron chi connectivity index (χ1n) is 5.83. The second kappa shape index (κ2) is 5.17. The molecule has 2 aromatic rings. The van der Waals surface area contributed by atoms with E-state index >= 15 is 0 Å². The predicted octanol–water partition coefficient (Wildman–Crippen LogP) is 0.577. The number of nitrogens with zero attached hydrogens (tertiary/aromatic N) is 4. The fraction of sp³-hybridized carbons (Fsp3) is 0.364. The molecule has 0 saturated carbocycles. The molecule has 20 heavy (non-hydrogen) atoms. The third-order valence-electron chi connectivity index (χ3n) is 2.64. The summed E-state index contributed by atoms with van der Waals surface area (Å²) in [4.78, 5) is 4.06. The van der Waals surface area contributed by atoms with Crippen molar-refractivity contribution in [3.8, 4) is 17.3 Å². The van der Waals surface area contributed by atoms with Crippen LogP contribution in [0.3, 0.4) is 0 Å². The summed E-state index contributed by atoms with van der Waals surface area (Å²) in [7, 11) is -2.48. The molecule has 0 aliphatic rings. The van der Waals surface area contributed by atoms with Crippen LogP contribution < -0.4 is 9.88 Å². The Morgan fingerprint density at radius 1 is 1.35 bits per heavy atom. The first-order valence-corrected chi connectivity index (χ1v) is 7.38. The van der Waals surface area contributed by atoms with Crippen LogP contribution in [0, 0.1) is 0 Å². The second-order valence-electron chi connectivity index (χ2n) is 4.38. The number of nitrogens with two attached hydrogens (primary N) is 1. The van der Waals surface area contributed by atoms with E-state index in [4.69, 9.17) is 9.88 Å².